The number of hydrogen-bond donors (Lipinski definition) is 1. The average molecular weight is 256 g/mol. The highest BCUT2D eigenvalue weighted by atomic mass is 19.4. The van der Waals surface area contributed by atoms with E-state index in [1.54, 1.807) is 0 Å². The minimum Gasteiger partial charge on any atom is -0.481 e. The van der Waals surface area contributed by atoms with Gasteiger partial charge in [-0.1, -0.05) is 0 Å². The Morgan fingerprint density at radius 2 is 1.88 bits per heavy atom. The quantitative estimate of drug-likeness (QED) is 0.845. The summed E-state index contributed by atoms with van der Waals surface area (Å²) in [6, 6.07) is 1.10. The normalized spacial score (nSPS) is 11.4. The lowest BCUT2D eigenvalue weighted by Gasteiger charge is -2.11. The summed E-state index contributed by atoms with van der Waals surface area (Å²) in [6.45, 7) is -1.80. The van der Waals surface area contributed by atoms with Gasteiger partial charge in [0.15, 0.2) is 18.2 Å². The van der Waals surface area contributed by atoms with Crippen LogP contribution in [0.2, 0.25) is 0 Å². The number of halogens is 5. The minimum atomic E-state index is -4.70. The molecule has 0 aliphatic rings. The van der Waals surface area contributed by atoms with E-state index >= 15 is 0 Å². The zero-order valence-electron chi connectivity index (χ0n) is 8.02. The second kappa shape index (κ2) is 4.56. The Morgan fingerprint density at radius 3 is 2.35 bits per heavy atom. The molecule has 8 heteroatoms. The standard InChI is InChI=1S/C9H5F5O3/c10-4-1-2-5(17-3-9(12,13)14)7(11)6(4)8(15)16/h1-2H,3H2,(H,15,16). The van der Waals surface area contributed by atoms with Crippen molar-refractivity contribution in [1.82, 2.24) is 0 Å². The number of alkyl halides is 3. The highest BCUT2D eigenvalue weighted by Crippen LogP contribution is 2.25. The average Bonchev–Trinajstić information content (AvgIpc) is 2.14. The van der Waals surface area contributed by atoms with Gasteiger partial charge in [-0.15, -0.1) is 0 Å². The van der Waals surface area contributed by atoms with Crippen LogP contribution in [0.25, 0.3) is 0 Å². The molecular formula is C9H5F5O3. The Labute approximate surface area is 91.4 Å². The minimum absolute atomic E-state index is 0.512. The molecule has 0 unspecified atom stereocenters. The van der Waals surface area contributed by atoms with Crippen LogP contribution in [-0.2, 0) is 0 Å². The van der Waals surface area contributed by atoms with E-state index in [2.05, 4.69) is 4.74 Å². The van der Waals surface area contributed by atoms with Crippen molar-refractivity contribution in [3.8, 4) is 5.75 Å². The van der Waals surface area contributed by atoms with Crippen molar-refractivity contribution in [1.29, 1.82) is 0 Å². The van der Waals surface area contributed by atoms with Gasteiger partial charge in [-0.3, -0.25) is 0 Å². The van der Waals surface area contributed by atoms with Crippen LogP contribution in [0.15, 0.2) is 12.1 Å². The molecule has 0 fully saturated rings. The van der Waals surface area contributed by atoms with Crippen molar-refractivity contribution in [2.45, 2.75) is 6.18 Å². The van der Waals surface area contributed by atoms with Crippen molar-refractivity contribution in [2.24, 2.45) is 0 Å². The van der Waals surface area contributed by atoms with Crippen molar-refractivity contribution in [2.75, 3.05) is 6.61 Å². The fourth-order valence-corrected chi connectivity index (χ4v) is 1.00. The summed E-state index contributed by atoms with van der Waals surface area (Å²) in [5, 5.41) is 8.44. The molecule has 0 heterocycles. The molecule has 1 aromatic rings. The van der Waals surface area contributed by atoms with E-state index in [0.717, 1.165) is 0 Å². The Balaban J connectivity index is 3.03. The summed E-state index contributed by atoms with van der Waals surface area (Å²) in [7, 11) is 0. The smallest absolute Gasteiger partial charge is 0.422 e. The number of benzene rings is 1. The molecule has 0 aromatic heterocycles. The van der Waals surface area contributed by atoms with Gasteiger partial charge in [0.2, 0.25) is 0 Å². The van der Waals surface area contributed by atoms with Crippen molar-refractivity contribution in [3.05, 3.63) is 29.3 Å². The van der Waals surface area contributed by atoms with Crippen LogP contribution in [-0.4, -0.2) is 23.9 Å². The summed E-state index contributed by atoms with van der Waals surface area (Å²) in [6.07, 6.45) is -4.70. The van der Waals surface area contributed by atoms with Crippen molar-refractivity contribution >= 4 is 5.97 Å². The maximum absolute atomic E-state index is 13.2. The molecule has 0 aliphatic carbocycles. The summed E-state index contributed by atoms with van der Waals surface area (Å²) in [5.74, 6) is -5.98. The lowest BCUT2D eigenvalue weighted by atomic mass is 10.2. The Hall–Kier alpha value is -1.86. The van der Waals surface area contributed by atoms with Crippen LogP contribution in [0.1, 0.15) is 10.4 Å². The topological polar surface area (TPSA) is 46.5 Å². The molecule has 0 saturated carbocycles. The molecule has 0 saturated heterocycles. The number of ether oxygens (including phenoxy) is 1. The van der Waals surface area contributed by atoms with E-state index in [4.69, 9.17) is 5.11 Å². The monoisotopic (exact) mass is 256 g/mol. The third kappa shape index (κ3) is 3.30. The molecule has 1 aromatic carbocycles. The highest BCUT2D eigenvalue weighted by Gasteiger charge is 2.30. The first kappa shape index (κ1) is 13.2. The van der Waals surface area contributed by atoms with Gasteiger partial charge in [0.05, 0.1) is 0 Å². The molecule has 1 N–H and O–H groups in total. The first-order chi connectivity index (χ1) is 7.72. The molecule has 0 amide bonds. The Morgan fingerprint density at radius 1 is 1.29 bits per heavy atom. The predicted molar refractivity (Wildman–Crippen MR) is 44.9 cm³/mol. The van der Waals surface area contributed by atoms with Gasteiger partial charge in [0.1, 0.15) is 11.4 Å². The largest absolute Gasteiger partial charge is 0.481 e. The van der Waals surface area contributed by atoms with E-state index in [1.807, 2.05) is 0 Å². The Bertz CT molecular complexity index is 441. The second-order valence-electron chi connectivity index (χ2n) is 2.94. The molecule has 1 rings (SSSR count). The van der Waals surface area contributed by atoms with Gasteiger partial charge < -0.3 is 9.84 Å². The fourth-order valence-electron chi connectivity index (χ4n) is 1.00. The SMILES string of the molecule is O=C(O)c1c(F)ccc(OCC(F)(F)F)c1F. The van der Waals surface area contributed by atoms with Crippen LogP contribution in [0.3, 0.4) is 0 Å². The van der Waals surface area contributed by atoms with E-state index in [-0.39, 0.29) is 0 Å². The number of hydrogen-bond acceptors (Lipinski definition) is 2. The number of rotatable bonds is 3. The number of carboxylic acid groups (broad SMARTS) is 1. The lowest BCUT2D eigenvalue weighted by Crippen LogP contribution is -2.20. The third-order valence-electron chi connectivity index (χ3n) is 1.66. The number of carboxylic acids is 1. The van der Waals surface area contributed by atoms with Gasteiger partial charge >= 0.3 is 12.1 Å². The van der Waals surface area contributed by atoms with Crippen LogP contribution < -0.4 is 4.74 Å². The first-order valence-corrected chi connectivity index (χ1v) is 4.13. The molecule has 0 atom stereocenters. The van der Waals surface area contributed by atoms with Crippen LogP contribution in [0, 0.1) is 11.6 Å². The molecule has 17 heavy (non-hydrogen) atoms. The van der Waals surface area contributed by atoms with Crippen LogP contribution in [0.4, 0.5) is 22.0 Å². The number of carbonyl (C=O) groups is 1. The zero-order chi connectivity index (χ0) is 13.2. The molecule has 0 aliphatic heterocycles. The Kier molecular flexibility index (Phi) is 3.54. The fraction of sp³-hybridized carbons (Fsp3) is 0.222. The third-order valence-corrected chi connectivity index (χ3v) is 1.66. The van der Waals surface area contributed by atoms with Gasteiger partial charge in [-0.2, -0.15) is 13.2 Å². The maximum atomic E-state index is 13.2. The van der Waals surface area contributed by atoms with Crippen LogP contribution >= 0.6 is 0 Å². The van der Waals surface area contributed by atoms with E-state index in [1.165, 1.54) is 0 Å². The number of aromatic carboxylic acids is 1. The van der Waals surface area contributed by atoms with E-state index in [9.17, 15) is 26.7 Å². The van der Waals surface area contributed by atoms with Gasteiger partial charge in [-0.05, 0) is 12.1 Å². The van der Waals surface area contributed by atoms with Gasteiger partial charge in [-0.25, -0.2) is 13.6 Å². The van der Waals surface area contributed by atoms with E-state index in [0.29, 0.717) is 12.1 Å². The van der Waals surface area contributed by atoms with E-state index < -0.39 is 41.7 Å². The van der Waals surface area contributed by atoms with Crippen LogP contribution in [0.5, 0.6) is 5.75 Å². The molecular weight excluding hydrogens is 251 g/mol. The summed E-state index contributed by atoms with van der Waals surface area (Å²) in [4.78, 5) is 10.4. The lowest BCUT2D eigenvalue weighted by molar-refractivity contribution is -0.153. The molecule has 0 bridgehead atoms. The van der Waals surface area contributed by atoms with Gasteiger partial charge in [0.25, 0.3) is 0 Å². The molecule has 0 radical (unpaired) electrons. The summed E-state index contributed by atoms with van der Waals surface area (Å²) < 4.78 is 65.4. The molecule has 94 valence electrons. The zero-order valence-corrected chi connectivity index (χ0v) is 8.02. The van der Waals surface area contributed by atoms with Crippen molar-refractivity contribution < 1.29 is 36.6 Å². The highest BCUT2D eigenvalue weighted by molar-refractivity contribution is 5.88. The molecule has 0 spiro atoms. The predicted octanol–water partition coefficient (Wildman–Crippen LogP) is 2.60. The maximum Gasteiger partial charge on any atom is 0.422 e. The second-order valence-corrected chi connectivity index (χ2v) is 2.94. The first-order valence-electron chi connectivity index (χ1n) is 4.13. The van der Waals surface area contributed by atoms with Crippen molar-refractivity contribution in [3.63, 3.8) is 0 Å². The van der Waals surface area contributed by atoms with Gasteiger partial charge in [0, 0.05) is 0 Å². The summed E-state index contributed by atoms with van der Waals surface area (Å²) >= 11 is 0. The molecule has 3 nitrogen and oxygen atoms in total. The summed E-state index contributed by atoms with van der Waals surface area (Å²) in [5.41, 5.74) is -1.36.